The first-order chi connectivity index (χ1) is 9.11. The number of carbonyl (C=O) groups excluding carboxylic acids is 2. The lowest BCUT2D eigenvalue weighted by Crippen LogP contribution is -2.46. The van der Waals surface area contributed by atoms with Crippen molar-refractivity contribution in [3.05, 3.63) is 29.8 Å². The fourth-order valence-electron chi connectivity index (χ4n) is 2.15. The molecule has 0 radical (unpaired) electrons. The van der Waals surface area contributed by atoms with Gasteiger partial charge in [-0.25, -0.2) is 4.79 Å². The van der Waals surface area contributed by atoms with Gasteiger partial charge in [0.15, 0.2) is 5.78 Å². The first-order valence-electron chi connectivity index (χ1n) is 6.31. The average Bonchev–Trinajstić information content (AvgIpc) is 2.41. The zero-order chi connectivity index (χ0) is 13.8. The van der Waals surface area contributed by atoms with Crippen LogP contribution in [0.3, 0.4) is 0 Å². The maximum Gasteiger partial charge on any atom is 0.414 e. The second kappa shape index (κ2) is 5.84. The van der Waals surface area contributed by atoms with Gasteiger partial charge >= 0.3 is 6.09 Å². The monoisotopic (exact) mass is 262 g/mol. The Hall–Kier alpha value is -1.88. The predicted octanol–water partition coefficient (Wildman–Crippen LogP) is 1.68. The van der Waals surface area contributed by atoms with Crippen LogP contribution in [0.2, 0.25) is 0 Å². The Kier molecular flexibility index (Phi) is 4.16. The second-order valence-corrected chi connectivity index (χ2v) is 4.71. The van der Waals surface area contributed by atoms with Crippen LogP contribution in [0.4, 0.5) is 10.5 Å². The van der Waals surface area contributed by atoms with Crippen molar-refractivity contribution in [2.75, 3.05) is 31.6 Å². The first kappa shape index (κ1) is 13.5. The molecule has 1 heterocycles. The minimum absolute atomic E-state index is 0.0147. The van der Waals surface area contributed by atoms with Crippen LogP contribution in [-0.2, 0) is 4.74 Å². The van der Waals surface area contributed by atoms with Gasteiger partial charge in [-0.2, -0.15) is 0 Å². The number of Topliss-reactive ketones (excluding diaryl/α,β-unsaturated/α-hetero) is 1. The number of nitrogens with zero attached hydrogens (tertiary/aromatic N) is 1. The van der Waals surface area contributed by atoms with Crippen LogP contribution >= 0.6 is 0 Å². The van der Waals surface area contributed by atoms with E-state index < -0.39 is 0 Å². The third kappa shape index (κ3) is 3.12. The number of nitrogens with one attached hydrogen (secondary N) is 1. The summed E-state index contributed by atoms with van der Waals surface area (Å²) in [4.78, 5) is 24.6. The van der Waals surface area contributed by atoms with Gasteiger partial charge in [-0.3, -0.25) is 9.69 Å². The lowest BCUT2D eigenvalue weighted by Gasteiger charge is -2.32. The molecule has 19 heavy (non-hydrogen) atoms. The Morgan fingerprint density at radius 1 is 1.42 bits per heavy atom. The van der Waals surface area contributed by atoms with Gasteiger partial charge in [0.2, 0.25) is 0 Å². The average molecular weight is 262 g/mol. The molecule has 1 N–H and O–H groups in total. The standard InChI is InChI=1S/C14H18N2O3/c1-10(17)12-3-5-13(6-4-12)16-8-11(7-15-2)9-19-14(16)18/h3-6,11,15H,7-9H2,1-2H3. The number of ether oxygens (including phenoxy) is 1. The van der Waals surface area contributed by atoms with Gasteiger partial charge in [0, 0.05) is 30.3 Å². The summed E-state index contributed by atoms with van der Waals surface area (Å²) in [5.41, 5.74) is 1.40. The molecule has 0 spiro atoms. The molecule has 1 aliphatic rings. The highest BCUT2D eigenvalue weighted by Crippen LogP contribution is 2.21. The van der Waals surface area contributed by atoms with E-state index in [2.05, 4.69) is 5.32 Å². The summed E-state index contributed by atoms with van der Waals surface area (Å²) in [6.45, 7) is 3.39. The van der Waals surface area contributed by atoms with Crippen LogP contribution in [-0.4, -0.2) is 38.6 Å². The van der Waals surface area contributed by atoms with E-state index in [0.717, 1.165) is 12.2 Å². The molecule has 5 heteroatoms. The maximum atomic E-state index is 11.8. The molecule has 1 amide bonds. The molecule has 0 aliphatic carbocycles. The summed E-state index contributed by atoms with van der Waals surface area (Å²) in [5.74, 6) is 0.288. The Morgan fingerprint density at radius 3 is 2.68 bits per heavy atom. The van der Waals surface area contributed by atoms with Crippen molar-refractivity contribution in [3.8, 4) is 0 Å². The predicted molar refractivity (Wildman–Crippen MR) is 72.6 cm³/mol. The second-order valence-electron chi connectivity index (χ2n) is 4.71. The summed E-state index contributed by atoms with van der Waals surface area (Å²) < 4.78 is 5.17. The van der Waals surface area contributed by atoms with E-state index in [-0.39, 0.29) is 17.8 Å². The third-order valence-electron chi connectivity index (χ3n) is 3.18. The van der Waals surface area contributed by atoms with Crippen molar-refractivity contribution >= 4 is 17.6 Å². The normalized spacial score (nSPS) is 19.2. The Morgan fingerprint density at radius 2 is 2.11 bits per heavy atom. The molecule has 2 rings (SSSR count). The minimum atomic E-state index is -0.331. The molecule has 0 saturated carbocycles. The number of ketones is 1. The highest BCUT2D eigenvalue weighted by Gasteiger charge is 2.27. The molecule has 5 nitrogen and oxygen atoms in total. The van der Waals surface area contributed by atoms with Crippen LogP contribution in [0, 0.1) is 5.92 Å². The number of cyclic esters (lactones) is 1. The molecule has 1 aromatic carbocycles. The summed E-state index contributed by atoms with van der Waals surface area (Å²) in [5, 5.41) is 3.09. The van der Waals surface area contributed by atoms with Gasteiger partial charge in [0.1, 0.15) is 0 Å². The summed E-state index contributed by atoms with van der Waals surface area (Å²) in [6.07, 6.45) is -0.331. The summed E-state index contributed by atoms with van der Waals surface area (Å²) >= 11 is 0. The molecule has 1 unspecified atom stereocenters. The fourth-order valence-corrected chi connectivity index (χ4v) is 2.15. The Labute approximate surface area is 112 Å². The molecule has 1 aliphatic heterocycles. The lowest BCUT2D eigenvalue weighted by molar-refractivity contribution is 0.101. The topological polar surface area (TPSA) is 58.6 Å². The molecule has 1 fully saturated rings. The van der Waals surface area contributed by atoms with Gasteiger partial charge in [-0.15, -0.1) is 0 Å². The Bertz CT molecular complexity index is 470. The van der Waals surface area contributed by atoms with Crippen LogP contribution < -0.4 is 10.2 Å². The van der Waals surface area contributed by atoms with Crippen LogP contribution in [0.5, 0.6) is 0 Å². The summed E-state index contributed by atoms with van der Waals surface area (Å²) in [7, 11) is 1.88. The zero-order valence-corrected chi connectivity index (χ0v) is 11.2. The van der Waals surface area contributed by atoms with Gasteiger partial charge in [-0.1, -0.05) is 0 Å². The first-order valence-corrected chi connectivity index (χ1v) is 6.31. The van der Waals surface area contributed by atoms with Gasteiger partial charge in [0.25, 0.3) is 0 Å². The molecular formula is C14H18N2O3. The number of amides is 1. The number of hydrogen-bond donors (Lipinski definition) is 1. The zero-order valence-electron chi connectivity index (χ0n) is 11.2. The van der Waals surface area contributed by atoms with Crippen LogP contribution in [0.25, 0.3) is 0 Å². The summed E-state index contributed by atoms with van der Waals surface area (Å²) in [6, 6.07) is 7.01. The highest BCUT2D eigenvalue weighted by atomic mass is 16.6. The third-order valence-corrected chi connectivity index (χ3v) is 3.18. The largest absolute Gasteiger partial charge is 0.449 e. The highest BCUT2D eigenvalue weighted by molar-refractivity contribution is 5.95. The molecule has 0 bridgehead atoms. The van der Waals surface area contributed by atoms with Crippen molar-refractivity contribution in [2.24, 2.45) is 5.92 Å². The van der Waals surface area contributed by atoms with Crippen molar-refractivity contribution in [1.82, 2.24) is 5.32 Å². The van der Waals surface area contributed by atoms with Crippen LogP contribution in [0.1, 0.15) is 17.3 Å². The van der Waals surface area contributed by atoms with E-state index in [1.807, 2.05) is 7.05 Å². The van der Waals surface area contributed by atoms with E-state index >= 15 is 0 Å². The smallest absolute Gasteiger partial charge is 0.414 e. The van der Waals surface area contributed by atoms with E-state index in [1.54, 1.807) is 29.2 Å². The van der Waals surface area contributed by atoms with Gasteiger partial charge in [0.05, 0.1) is 6.61 Å². The maximum absolute atomic E-state index is 11.8. The number of carbonyl (C=O) groups is 2. The van der Waals surface area contributed by atoms with E-state index in [9.17, 15) is 9.59 Å². The SMILES string of the molecule is CNCC1COC(=O)N(c2ccc(C(C)=O)cc2)C1. The van der Waals surface area contributed by atoms with Crippen molar-refractivity contribution < 1.29 is 14.3 Å². The quantitative estimate of drug-likeness (QED) is 0.839. The van der Waals surface area contributed by atoms with E-state index in [0.29, 0.717) is 18.7 Å². The van der Waals surface area contributed by atoms with Gasteiger partial charge < -0.3 is 10.1 Å². The van der Waals surface area contributed by atoms with Gasteiger partial charge in [-0.05, 0) is 38.2 Å². The number of anilines is 1. The number of benzene rings is 1. The number of rotatable bonds is 4. The minimum Gasteiger partial charge on any atom is -0.449 e. The Balaban J connectivity index is 2.14. The van der Waals surface area contributed by atoms with Crippen LogP contribution in [0.15, 0.2) is 24.3 Å². The molecule has 1 atom stereocenters. The molecule has 1 saturated heterocycles. The van der Waals surface area contributed by atoms with Crippen molar-refractivity contribution in [3.63, 3.8) is 0 Å². The molecule has 102 valence electrons. The van der Waals surface area contributed by atoms with Crippen molar-refractivity contribution in [1.29, 1.82) is 0 Å². The molecule has 1 aromatic rings. The van der Waals surface area contributed by atoms with E-state index in [4.69, 9.17) is 4.74 Å². The number of hydrogen-bond acceptors (Lipinski definition) is 4. The lowest BCUT2D eigenvalue weighted by atomic mass is 10.1. The molecule has 0 aromatic heterocycles. The molecular weight excluding hydrogens is 244 g/mol. The fraction of sp³-hybridized carbons (Fsp3) is 0.429. The van der Waals surface area contributed by atoms with Crippen molar-refractivity contribution in [2.45, 2.75) is 6.92 Å². The van der Waals surface area contributed by atoms with E-state index in [1.165, 1.54) is 6.92 Å².